The highest BCUT2D eigenvalue weighted by atomic mass is 127. The van der Waals surface area contributed by atoms with Gasteiger partial charge < -0.3 is 9.84 Å². The van der Waals surface area contributed by atoms with Crippen LogP contribution in [0.25, 0.3) is 0 Å². The first-order valence-electron chi connectivity index (χ1n) is 5.21. The summed E-state index contributed by atoms with van der Waals surface area (Å²) in [7, 11) is 0. The number of benzene rings is 1. The van der Waals surface area contributed by atoms with Gasteiger partial charge in [0.05, 0.1) is 6.17 Å². The molecule has 2 aliphatic heterocycles. The fourth-order valence-electron chi connectivity index (χ4n) is 1.79. The fourth-order valence-corrected chi connectivity index (χ4v) is 2.53. The normalized spacial score (nSPS) is 32.2. The van der Waals surface area contributed by atoms with Gasteiger partial charge in [0.25, 0.3) is 0 Å². The number of carbonyl (C=O) groups excluding carboxylic acids is 1. The first-order chi connectivity index (χ1) is 7.96. The Kier molecular flexibility index (Phi) is 2.20. The summed E-state index contributed by atoms with van der Waals surface area (Å²) in [4.78, 5) is 12.1. The minimum Gasteiger partial charge on any atom is -0.508 e. The van der Waals surface area contributed by atoms with E-state index in [-0.39, 0.29) is 23.5 Å². The number of phenols is 1. The number of alkyl halides is 1. The average Bonchev–Trinajstić information content (AvgIpc) is 3.08. The van der Waals surface area contributed by atoms with Crippen molar-refractivity contribution in [3.05, 3.63) is 24.3 Å². The lowest BCUT2D eigenvalue weighted by molar-refractivity contribution is -0.136. The number of ether oxygens (including phenoxy) is 1. The minimum atomic E-state index is -0.646. The molecule has 2 saturated heterocycles. The maximum Gasteiger partial charge on any atom is 0.330 e. The minimum absolute atomic E-state index is 0.147. The zero-order valence-corrected chi connectivity index (χ0v) is 11.2. The highest BCUT2D eigenvalue weighted by molar-refractivity contribution is 14.1. The van der Waals surface area contributed by atoms with Crippen LogP contribution in [0.1, 0.15) is 6.92 Å². The summed E-state index contributed by atoms with van der Waals surface area (Å²) in [5, 5.41) is 15.5. The second-order valence-electron chi connectivity index (χ2n) is 4.42. The monoisotopic (exact) mass is 346 g/mol. The number of carbonyl (C=O) groups is 1. The van der Waals surface area contributed by atoms with Crippen LogP contribution in [0.2, 0.25) is 0 Å². The van der Waals surface area contributed by atoms with Gasteiger partial charge in [-0.15, -0.1) is 0 Å². The van der Waals surface area contributed by atoms with Crippen molar-refractivity contribution in [1.29, 1.82) is 0 Å². The van der Waals surface area contributed by atoms with Gasteiger partial charge in [-0.05, 0) is 31.2 Å². The molecule has 2 fully saturated rings. The summed E-state index contributed by atoms with van der Waals surface area (Å²) in [6.45, 7) is 1.84. The van der Waals surface area contributed by atoms with Crippen molar-refractivity contribution in [1.82, 2.24) is 10.6 Å². The van der Waals surface area contributed by atoms with E-state index in [2.05, 4.69) is 33.2 Å². The van der Waals surface area contributed by atoms with Gasteiger partial charge in [-0.3, -0.25) is 15.4 Å². The number of hydrogen-bond donors (Lipinski definition) is 3. The van der Waals surface area contributed by atoms with E-state index in [1.165, 1.54) is 12.1 Å². The van der Waals surface area contributed by atoms with Crippen LogP contribution in [0.15, 0.2) is 24.3 Å². The van der Waals surface area contributed by atoms with E-state index in [0.717, 1.165) is 0 Å². The second kappa shape index (κ2) is 3.33. The van der Waals surface area contributed by atoms with E-state index < -0.39 is 3.42 Å². The highest BCUT2D eigenvalue weighted by Crippen LogP contribution is 2.51. The molecular weight excluding hydrogens is 335 g/mol. The standard InChI is InChI=1S/C11H11IN2O3/c1-10(12,11-8(13-11)14-11)9(16)17-7-4-2-6(15)3-5-7/h2-5,8,13-15H,1H3. The summed E-state index contributed by atoms with van der Waals surface area (Å²) in [5.74, 6) is 0.280. The van der Waals surface area contributed by atoms with Gasteiger partial charge in [0.2, 0.25) is 0 Å². The Hall–Kier alpha value is -0.860. The molecule has 17 heavy (non-hydrogen) atoms. The molecule has 0 aromatic heterocycles. The Morgan fingerprint density at radius 1 is 1.47 bits per heavy atom. The zero-order chi connectivity index (χ0) is 12.3. The van der Waals surface area contributed by atoms with Crippen LogP contribution in [-0.4, -0.2) is 26.3 Å². The maximum atomic E-state index is 12.1. The molecule has 3 N–H and O–H groups in total. The van der Waals surface area contributed by atoms with Crippen molar-refractivity contribution in [2.24, 2.45) is 0 Å². The number of aromatic hydroxyl groups is 1. The van der Waals surface area contributed by atoms with E-state index >= 15 is 0 Å². The number of esters is 1. The number of rotatable bonds is 3. The quantitative estimate of drug-likeness (QED) is 0.247. The molecule has 0 saturated carbocycles. The Bertz CT molecular complexity index is 480. The maximum absolute atomic E-state index is 12.1. The molecular formula is C11H11IN2O3. The molecule has 3 rings (SSSR count). The van der Waals surface area contributed by atoms with Crippen LogP contribution in [0, 0.1) is 0 Å². The molecule has 1 aromatic carbocycles. The summed E-state index contributed by atoms with van der Waals surface area (Å²) >= 11 is 2.10. The Labute approximate surface area is 112 Å². The van der Waals surface area contributed by atoms with E-state index in [0.29, 0.717) is 5.75 Å². The number of halogens is 1. The summed E-state index contributed by atoms with van der Waals surface area (Å²) in [6.07, 6.45) is 0.247. The van der Waals surface area contributed by atoms with Crippen molar-refractivity contribution in [3.8, 4) is 11.5 Å². The molecule has 0 bridgehead atoms. The van der Waals surface area contributed by atoms with E-state index in [1.807, 2.05) is 6.92 Å². The van der Waals surface area contributed by atoms with Gasteiger partial charge in [-0.25, -0.2) is 0 Å². The highest BCUT2D eigenvalue weighted by Gasteiger charge is 2.80. The number of fused-ring (bicyclic) bond motifs is 1. The Morgan fingerprint density at radius 3 is 2.47 bits per heavy atom. The van der Waals surface area contributed by atoms with Gasteiger partial charge in [0.1, 0.15) is 17.2 Å². The lowest BCUT2D eigenvalue weighted by Crippen LogP contribution is -2.48. The van der Waals surface area contributed by atoms with Crippen molar-refractivity contribution in [2.75, 3.05) is 0 Å². The topological polar surface area (TPSA) is 90.4 Å². The van der Waals surface area contributed by atoms with Gasteiger partial charge >= 0.3 is 5.97 Å². The third kappa shape index (κ3) is 1.62. The molecule has 2 aliphatic rings. The molecule has 90 valence electrons. The van der Waals surface area contributed by atoms with Crippen LogP contribution in [0.5, 0.6) is 11.5 Å². The smallest absolute Gasteiger partial charge is 0.330 e. The third-order valence-corrected chi connectivity index (χ3v) is 4.47. The molecule has 1 atom stereocenters. The summed E-state index contributed by atoms with van der Waals surface area (Å²) in [5.41, 5.74) is -0.276. The van der Waals surface area contributed by atoms with Crippen molar-refractivity contribution < 1.29 is 14.6 Å². The van der Waals surface area contributed by atoms with E-state index in [9.17, 15) is 4.79 Å². The largest absolute Gasteiger partial charge is 0.508 e. The van der Waals surface area contributed by atoms with E-state index in [1.54, 1.807) is 12.1 Å². The number of phenolic OH excluding ortho intramolecular Hbond substituents is 1. The van der Waals surface area contributed by atoms with Crippen LogP contribution < -0.4 is 15.4 Å². The number of hydrogen-bond acceptors (Lipinski definition) is 5. The molecule has 5 nitrogen and oxygen atoms in total. The molecule has 0 aliphatic carbocycles. The molecule has 0 radical (unpaired) electrons. The van der Waals surface area contributed by atoms with Crippen LogP contribution in [0.4, 0.5) is 0 Å². The predicted molar refractivity (Wildman–Crippen MR) is 69.0 cm³/mol. The molecule has 6 heteroatoms. The molecule has 1 unspecified atom stereocenters. The average molecular weight is 346 g/mol. The molecule has 0 spiro atoms. The molecule has 0 amide bonds. The first-order valence-corrected chi connectivity index (χ1v) is 6.29. The van der Waals surface area contributed by atoms with Gasteiger partial charge in [-0.1, -0.05) is 22.6 Å². The second-order valence-corrected chi connectivity index (χ2v) is 6.57. The molecule has 2 heterocycles. The van der Waals surface area contributed by atoms with Crippen molar-refractivity contribution in [2.45, 2.75) is 22.2 Å². The number of nitrogens with one attached hydrogen (secondary N) is 2. The SMILES string of the molecule is CC(I)(C(=O)Oc1ccc(O)cc1)C12NC1N2. The third-order valence-electron chi connectivity index (χ3n) is 3.18. The Morgan fingerprint density at radius 2 is 2.00 bits per heavy atom. The van der Waals surface area contributed by atoms with Crippen molar-refractivity contribution >= 4 is 28.6 Å². The predicted octanol–water partition coefficient (Wildman–Crippen LogP) is 0.720. The fraction of sp³-hybridized carbons (Fsp3) is 0.364. The lowest BCUT2D eigenvalue weighted by atomic mass is 10.1. The van der Waals surface area contributed by atoms with Crippen LogP contribution in [-0.2, 0) is 4.79 Å². The first kappa shape index (κ1) is 11.2. The van der Waals surface area contributed by atoms with E-state index in [4.69, 9.17) is 9.84 Å². The molecule has 1 aromatic rings. The van der Waals surface area contributed by atoms with Crippen LogP contribution in [0.3, 0.4) is 0 Å². The zero-order valence-electron chi connectivity index (χ0n) is 9.03. The summed E-state index contributed by atoms with van der Waals surface area (Å²) in [6, 6.07) is 6.10. The summed E-state index contributed by atoms with van der Waals surface area (Å²) < 4.78 is 4.64. The lowest BCUT2D eigenvalue weighted by Gasteiger charge is -2.22. The van der Waals surface area contributed by atoms with Gasteiger partial charge in [-0.2, -0.15) is 0 Å². The van der Waals surface area contributed by atoms with Gasteiger partial charge in [0.15, 0.2) is 3.42 Å². The van der Waals surface area contributed by atoms with Crippen LogP contribution >= 0.6 is 22.6 Å². The Balaban J connectivity index is 1.73. The van der Waals surface area contributed by atoms with Gasteiger partial charge in [0, 0.05) is 0 Å². The van der Waals surface area contributed by atoms with Crippen molar-refractivity contribution in [3.63, 3.8) is 0 Å².